The second kappa shape index (κ2) is 7.01. The molecule has 0 heterocycles. The summed E-state index contributed by atoms with van der Waals surface area (Å²) in [6.07, 6.45) is 0. The minimum atomic E-state index is -0.290. The lowest BCUT2D eigenvalue weighted by molar-refractivity contribution is 0.0600. The van der Waals surface area contributed by atoms with Gasteiger partial charge in [0.2, 0.25) is 0 Å². The molecule has 116 valence electrons. The van der Waals surface area contributed by atoms with Crippen LogP contribution in [0.25, 0.3) is 0 Å². The van der Waals surface area contributed by atoms with Gasteiger partial charge >= 0.3 is 5.97 Å². The van der Waals surface area contributed by atoms with Gasteiger partial charge in [-0.25, -0.2) is 4.79 Å². The highest BCUT2D eigenvalue weighted by atomic mass is 32.2. The molecule has 2 nitrogen and oxygen atoms in total. The number of methoxy groups -OCH3 is 1. The van der Waals surface area contributed by atoms with E-state index in [9.17, 15) is 4.79 Å². The number of hydrogen-bond acceptors (Lipinski definition) is 3. The monoisotopic (exact) mass is 314 g/mol. The van der Waals surface area contributed by atoms with E-state index >= 15 is 0 Å². The standard InChI is InChI=1S/C19H22O2S/c1-19(2,3)16-11-10-15(18(20)21-4)12-17(16)22-13-14-8-6-5-7-9-14/h5-12H,13H2,1-4H3. The van der Waals surface area contributed by atoms with Crippen molar-refractivity contribution in [2.75, 3.05) is 7.11 Å². The molecule has 0 aliphatic rings. The Morgan fingerprint density at radius 1 is 1.09 bits per heavy atom. The fourth-order valence-corrected chi connectivity index (χ4v) is 3.50. The molecule has 0 saturated heterocycles. The molecule has 0 amide bonds. The van der Waals surface area contributed by atoms with Crippen molar-refractivity contribution in [1.29, 1.82) is 0 Å². The Hall–Kier alpha value is -1.74. The van der Waals surface area contributed by atoms with Crippen LogP contribution in [0.4, 0.5) is 0 Å². The summed E-state index contributed by atoms with van der Waals surface area (Å²) in [5.41, 5.74) is 3.16. The van der Waals surface area contributed by atoms with Gasteiger partial charge in [0, 0.05) is 10.6 Å². The second-order valence-corrected chi connectivity index (χ2v) is 7.24. The zero-order valence-corrected chi connectivity index (χ0v) is 14.4. The van der Waals surface area contributed by atoms with Crippen molar-refractivity contribution >= 4 is 17.7 Å². The molecule has 3 heteroatoms. The number of carbonyl (C=O) groups excluding carboxylic acids is 1. The molecule has 2 aromatic rings. The average Bonchev–Trinajstić information content (AvgIpc) is 2.52. The molecule has 0 atom stereocenters. The van der Waals surface area contributed by atoms with E-state index in [2.05, 4.69) is 32.9 Å². The Labute approximate surface area is 136 Å². The van der Waals surface area contributed by atoms with E-state index in [1.54, 1.807) is 11.8 Å². The van der Waals surface area contributed by atoms with Gasteiger partial charge in [0.15, 0.2) is 0 Å². The minimum Gasteiger partial charge on any atom is -0.465 e. The fourth-order valence-electron chi connectivity index (χ4n) is 2.24. The summed E-state index contributed by atoms with van der Waals surface area (Å²) in [5, 5.41) is 0. The first-order chi connectivity index (χ1) is 10.4. The number of benzene rings is 2. The van der Waals surface area contributed by atoms with E-state index in [-0.39, 0.29) is 11.4 Å². The number of esters is 1. The molecule has 0 aromatic heterocycles. The minimum absolute atomic E-state index is 0.0354. The molecule has 0 saturated carbocycles. The number of ether oxygens (including phenoxy) is 1. The van der Waals surface area contributed by atoms with Crippen LogP contribution in [0.5, 0.6) is 0 Å². The maximum Gasteiger partial charge on any atom is 0.337 e. The molecule has 0 spiro atoms. The first-order valence-electron chi connectivity index (χ1n) is 7.31. The van der Waals surface area contributed by atoms with E-state index in [0.29, 0.717) is 5.56 Å². The smallest absolute Gasteiger partial charge is 0.337 e. The summed E-state index contributed by atoms with van der Waals surface area (Å²) in [4.78, 5) is 12.9. The van der Waals surface area contributed by atoms with Crippen LogP contribution in [0.15, 0.2) is 53.4 Å². The van der Waals surface area contributed by atoms with E-state index in [1.807, 2.05) is 36.4 Å². The molecule has 0 radical (unpaired) electrons. The van der Waals surface area contributed by atoms with E-state index < -0.39 is 0 Å². The zero-order valence-electron chi connectivity index (χ0n) is 13.6. The average molecular weight is 314 g/mol. The third kappa shape index (κ3) is 4.14. The molecule has 22 heavy (non-hydrogen) atoms. The van der Waals surface area contributed by atoms with Crippen molar-refractivity contribution in [3.8, 4) is 0 Å². The van der Waals surface area contributed by atoms with Gasteiger partial charge in [-0.05, 0) is 28.7 Å². The van der Waals surface area contributed by atoms with Crippen molar-refractivity contribution in [2.24, 2.45) is 0 Å². The lowest BCUT2D eigenvalue weighted by Gasteiger charge is -2.23. The number of carbonyl (C=O) groups is 1. The van der Waals surface area contributed by atoms with Gasteiger partial charge in [0.05, 0.1) is 12.7 Å². The van der Waals surface area contributed by atoms with Gasteiger partial charge in [-0.2, -0.15) is 0 Å². The molecule has 0 aliphatic carbocycles. The van der Waals surface area contributed by atoms with Gasteiger partial charge in [0.1, 0.15) is 0 Å². The quantitative estimate of drug-likeness (QED) is 0.582. The Morgan fingerprint density at radius 2 is 1.77 bits per heavy atom. The molecule has 0 bridgehead atoms. The van der Waals surface area contributed by atoms with Crippen molar-refractivity contribution < 1.29 is 9.53 Å². The van der Waals surface area contributed by atoms with Crippen LogP contribution in [0.2, 0.25) is 0 Å². The van der Waals surface area contributed by atoms with E-state index in [1.165, 1.54) is 18.2 Å². The lowest BCUT2D eigenvalue weighted by atomic mass is 9.86. The van der Waals surface area contributed by atoms with Crippen LogP contribution in [-0.2, 0) is 15.9 Å². The summed E-state index contributed by atoms with van der Waals surface area (Å²) < 4.78 is 4.83. The highest BCUT2D eigenvalue weighted by Crippen LogP contribution is 2.35. The highest BCUT2D eigenvalue weighted by Gasteiger charge is 2.20. The maximum absolute atomic E-state index is 11.8. The highest BCUT2D eigenvalue weighted by molar-refractivity contribution is 7.98. The van der Waals surface area contributed by atoms with Gasteiger partial charge in [-0.1, -0.05) is 57.2 Å². The van der Waals surface area contributed by atoms with Crippen LogP contribution in [0, 0.1) is 0 Å². The Morgan fingerprint density at radius 3 is 2.36 bits per heavy atom. The Kier molecular flexibility index (Phi) is 5.30. The molecule has 0 fully saturated rings. The first kappa shape index (κ1) is 16.6. The van der Waals surface area contributed by atoms with Crippen molar-refractivity contribution in [3.63, 3.8) is 0 Å². The normalized spacial score (nSPS) is 11.3. The van der Waals surface area contributed by atoms with Crippen molar-refractivity contribution in [1.82, 2.24) is 0 Å². The van der Waals surface area contributed by atoms with Crippen molar-refractivity contribution in [2.45, 2.75) is 36.8 Å². The SMILES string of the molecule is COC(=O)c1ccc(C(C)(C)C)c(SCc2ccccc2)c1. The molecule has 0 aliphatic heterocycles. The second-order valence-electron chi connectivity index (χ2n) is 6.23. The van der Waals surface area contributed by atoms with Crippen LogP contribution in [0.1, 0.15) is 42.3 Å². The van der Waals surface area contributed by atoms with Crippen LogP contribution >= 0.6 is 11.8 Å². The molecular formula is C19H22O2S. The van der Waals surface area contributed by atoms with Gasteiger partial charge in [-0.15, -0.1) is 11.8 Å². The molecule has 2 aromatic carbocycles. The van der Waals surface area contributed by atoms with E-state index in [0.717, 1.165) is 10.6 Å². The zero-order chi connectivity index (χ0) is 16.2. The third-order valence-electron chi connectivity index (χ3n) is 3.45. The summed E-state index contributed by atoms with van der Waals surface area (Å²) >= 11 is 1.76. The van der Waals surface area contributed by atoms with Crippen molar-refractivity contribution in [3.05, 3.63) is 65.2 Å². The number of hydrogen-bond donors (Lipinski definition) is 0. The Bertz CT molecular complexity index is 642. The lowest BCUT2D eigenvalue weighted by Crippen LogP contribution is -2.13. The van der Waals surface area contributed by atoms with Gasteiger partial charge < -0.3 is 4.74 Å². The van der Waals surface area contributed by atoms with Crippen LogP contribution in [0.3, 0.4) is 0 Å². The summed E-state index contributed by atoms with van der Waals surface area (Å²) in [5.74, 6) is 0.594. The summed E-state index contributed by atoms with van der Waals surface area (Å²) in [6, 6.07) is 16.2. The third-order valence-corrected chi connectivity index (χ3v) is 4.57. The van der Waals surface area contributed by atoms with Crippen LogP contribution < -0.4 is 0 Å². The first-order valence-corrected chi connectivity index (χ1v) is 8.30. The predicted octanol–water partition coefficient (Wildman–Crippen LogP) is 5.06. The number of thioether (sulfide) groups is 1. The fraction of sp³-hybridized carbons (Fsp3) is 0.316. The number of rotatable bonds is 4. The molecule has 0 N–H and O–H groups in total. The van der Waals surface area contributed by atoms with Gasteiger partial charge in [0.25, 0.3) is 0 Å². The predicted molar refractivity (Wildman–Crippen MR) is 92.5 cm³/mol. The topological polar surface area (TPSA) is 26.3 Å². The van der Waals surface area contributed by atoms with Gasteiger partial charge in [-0.3, -0.25) is 0 Å². The summed E-state index contributed by atoms with van der Waals surface area (Å²) in [6.45, 7) is 6.56. The molecule has 2 rings (SSSR count). The molecule has 0 unspecified atom stereocenters. The largest absolute Gasteiger partial charge is 0.465 e. The maximum atomic E-state index is 11.8. The van der Waals surface area contributed by atoms with E-state index in [4.69, 9.17) is 4.74 Å². The molecular weight excluding hydrogens is 292 g/mol. The Balaban J connectivity index is 2.31. The summed E-state index contributed by atoms with van der Waals surface area (Å²) in [7, 11) is 1.41. The van der Waals surface area contributed by atoms with Crippen LogP contribution in [-0.4, -0.2) is 13.1 Å².